The maximum Gasteiger partial charge on any atom is 0.390 e. The van der Waals surface area contributed by atoms with Crippen molar-refractivity contribution in [1.29, 1.82) is 0 Å². The van der Waals surface area contributed by atoms with Gasteiger partial charge in [0.05, 0.1) is 6.42 Å². The summed E-state index contributed by atoms with van der Waals surface area (Å²) in [5.41, 5.74) is 0. The van der Waals surface area contributed by atoms with E-state index in [0.29, 0.717) is 18.7 Å². The van der Waals surface area contributed by atoms with E-state index in [9.17, 15) is 21.6 Å². The fourth-order valence-electron chi connectivity index (χ4n) is 1.43. The molecule has 1 heterocycles. The molecule has 0 fully saturated rings. The Labute approximate surface area is 103 Å². The van der Waals surface area contributed by atoms with Crippen LogP contribution in [0.2, 0.25) is 0 Å². The number of rotatable bonds is 5. The molecule has 0 unspecified atom stereocenters. The molecular formula is C9H14F3N3O2S. The van der Waals surface area contributed by atoms with Crippen molar-refractivity contribution < 1.29 is 21.6 Å². The molecule has 0 saturated carbocycles. The van der Waals surface area contributed by atoms with Crippen molar-refractivity contribution >= 4 is 10.0 Å². The molecule has 0 saturated heterocycles. The molecule has 1 aromatic rings. The summed E-state index contributed by atoms with van der Waals surface area (Å²) in [6, 6.07) is 0. The summed E-state index contributed by atoms with van der Waals surface area (Å²) in [6.07, 6.45) is -3.24. The summed E-state index contributed by atoms with van der Waals surface area (Å²) in [5.74, 6) is 0.297. The number of nitrogens with two attached hydrogens (primary N) is 1. The molecule has 0 aliphatic rings. The minimum absolute atomic E-state index is 0.297. The van der Waals surface area contributed by atoms with Gasteiger partial charge >= 0.3 is 6.18 Å². The molecule has 0 radical (unpaired) electrons. The minimum atomic E-state index is -4.30. The van der Waals surface area contributed by atoms with Crippen LogP contribution in [-0.2, 0) is 23.0 Å². The van der Waals surface area contributed by atoms with E-state index in [1.54, 1.807) is 0 Å². The number of primary sulfonamides is 1. The fraction of sp³-hybridized carbons (Fsp3) is 0.667. The maximum atomic E-state index is 12.1. The molecule has 9 heteroatoms. The van der Waals surface area contributed by atoms with Crippen LogP contribution in [0.4, 0.5) is 13.2 Å². The summed E-state index contributed by atoms with van der Waals surface area (Å²) in [7, 11) is -3.99. The lowest BCUT2D eigenvalue weighted by molar-refractivity contribution is -0.136. The number of imidazole rings is 1. The Balaban J connectivity index is 2.98. The summed E-state index contributed by atoms with van der Waals surface area (Å²) in [5, 5.41) is 4.50. The number of sulfonamides is 1. The van der Waals surface area contributed by atoms with Gasteiger partial charge in [0, 0.05) is 19.2 Å². The lowest BCUT2D eigenvalue weighted by Gasteiger charge is -2.09. The van der Waals surface area contributed by atoms with E-state index in [1.807, 2.05) is 6.92 Å². The predicted molar refractivity (Wildman–Crippen MR) is 58.3 cm³/mol. The number of aryl methyl sites for hydroxylation is 2. The van der Waals surface area contributed by atoms with Crippen LogP contribution in [0.25, 0.3) is 0 Å². The number of hydrogen-bond donors (Lipinski definition) is 1. The predicted octanol–water partition coefficient (Wildman–Crippen LogP) is 1.44. The molecule has 0 bridgehead atoms. The Morgan fingerprint density at radius 1 is 1.44 bits per heavy atom. The van der Waals surface area contributed by atoms with E-state index < -0.39 is 27.6 Å². The second-order valence-corrected chi connectivity index (χ2v) is 5.36. The van der Waals surface area contributed by atoms with Crippen molar-refractivity contribution in [3.63, 3.8) is 0 Å². The van der Waals surface area contributed by atoms with Crippen LogP contribution < -0.4 is 5.14 Å². The average Bonchev–Trinajstić information content (AvgIpc) is 2.57. The quantitative estimate of drug-likeness (QED) is 0.889. The molecule has 2 N–H and O–H groups in total. The molecule has 18 heavy (non-hydrogen) atoms. The van der Waals surface area contributed by atoms with Crippen LogP contribution in [0.15, 0.2) is 11.2 Å². The van der Waals surface area contributed by atoms with Crippen LogP contribution in [0, 0.1) is 0 Å². The first-order chi connectivity index (χ1) is 8.13. The highest BCUT2D eigenvalue weighted by Crippen LogP contribution is 2.21. The summed E-state index contributed by atoms with van der Waals surface area (Å²) in [6.45, 7) is 1.46. The van der Waals surface area contributed by atoms with Crippen molar-refractivity contribution in [2.24, 2.45) is 5.14 Å². The third-order valence-electron chi connectivity index (χ3n) is 2.24. The number of halogens is 3. The van der Waals surface area contributed by atoms with E-state index in [0.717, 1.165) is 6.20 Å². The van der Waals surface area contributed by atoms with Crippen molar-refractivity contribution in [2.75, 3.05) is 0 Å². The van der Waals surface area contributed by atoms with Crippen molar-refractivity contribution in [3.8, 4) is 0 Å². The van der Waals surface area contributed by atoms with Crippen LogP contribution in [0.3, 0.4) is 0 Å². The van der Waals surface area contributed by atoms with Gasteiger partial charge in [-0.25, -0.2) is 18.5 Å². The number of alkyl halides is 3. The van der Waals surface area contributed by atoms with Gasteiger partial charge in [-0.1, -0.05) is 6.92 Å². The second-order valence-electron chi connectivity index (χ2n) is 3.85. The Hall–Kier alpha value is -1.09. The Kier molecular flexibility index (Phi) is 4.38. The normalized spacial score (nSPS) is 12.9. The molecule has 0 aromatic carbocycles. The Morgan fingerprint density at radius 2 is 2.06 bits per heavy atom. The highest BCUT2D eigenvalue weighted by atomic mass is 32.2. The zero-order chi connectivity index (χ0) is 14.0. The molecule has 0 aliphatic carbocycles. The van der Waals surface area contributed by atoms with Gasteiger partial charge in [0.25, 0.3) is 10.0 Å². The first kappa shape index (κ1) is 15.0. The van der Waals surface area contributed by atoms with Crippen LogP contribution >= 0.6 is 0 Å². The molecule has 1 aromatic heterocycles. The van der Waals surface area contributed by atoms with Gasteiger partial charge in [-0.3, -0.25) is 0 Å². The highest BCUT2D eigenvalue weighted by Gasteiger charge is 2.27. The first-order valence-electron chi connectivity index (χ1n) is 5.29. The molecule has 0 amide bonds. The SMILES string of the molecule is CCCc1nc(S(N)(=O)=O)cn1CCC(F)(F)F. The lowest BCUT2D eigenvalue weighted by Crippen LogP contribution is -2.13. The topological polar surface area (TPSA) is 78.0 Å². The van der Waals surface area contributed by atoms with Crippen molar-refractivity contribution in [1.82, 2.24) is 9.55 Å². The monoisotopic (exact) mass is 285 g/mol. The number of nitrogens with zero attached hydrogens (tertiary/aromatic N) is 2. The summed E-state index contributed by atoms with van der Waals surface area (Å²) >= 11 is 0. The summed E-state index contributed by atoms with van der Waals surface area (Å²) in [4.78, 5) is 3.75. The van der Waals surface area contributed by atoms with Crippen LogP contribution in [0.5, 0.6) is 0 Å². The molecular weight excluding hydrogens is 271 g/mol. The molecule has 5 nitrogen and oxygen atoms in total. The van der Waals surface area contributed by atoms with Gasteiger partial charge in [0.2, 0.25) is 0 Å². The Morgan fingerprint density at radius 3 is 2.50 bits per heavy atom. The van der Waals surface area contributed by atoms with Crippen LogP contribution in [0.1, 0.15) is 25.6 Å². The third kappa shape index (κ3) is 4.30. The van der Waals surface area contributed by atoms with Gasteiger partial charge in [0.15, 0.2) is 5.03 Å². The van der Waals surface area contributed by atoms with Crippen molar-refractivity contribution in [3.05, 3.63) is 12.0 Å². The van der Waals surface area contributed by atoms with E-state index >= 15 is 0 Å². The second kappa shape index (κ2) is 5.27. The van der Waals surface area contributed by atoms with E-state index in [4.69, 9.17) is 5.14 Å². The minimum Gasteiger partial charge on any atom is -0.333 e. The molecule has 0 atom stereocenters. The molecule has 1 rings (SSSR count). The largest absolute Gasteiger partial charge is 0.390 e. The average molecular weight is 285 g/mol. The smallest absolute Gasteiger partial charge is 0.333 e. The van der Waals surface area contributed by atoms with Gasteiger partial charge in [-0.2, -0.15) is 13.2 Å². The van der Waals surface area contributed by atoms with Crippen LogP contribution in [-0.4, -0.2) is 24.1 Å². The number of aromatic nitrogens is 2. The van der Waals surface area contributed by atoms with Gasteiger partial charge in [-0.05, 0) is 6.42 Å². The zero-order valence-electron chi connectivity index (χ0n) is 9.74. The summed E-state index contributed by atoms with van der Waals surface area (Å²) < 4.78 is 59.7. The molecule has 0 spiro atoms. The van der Waals surface area contributed by atoms with E-state index in [2.05, 4.69) is 4.98 Å². The maximum absolute atomic E-state index is 12.1. The first-order valence-corrected chi connectivity index (χ1v) is 6.83. The van der Waals surface area contributed by atoms with Gasteiger partial charge in [0.1, 0.15) is 5.82 Å². The molecule has 104 valence electrons. The lowest BCUT2D eigenvalue weighted by atomic mass is 10.3. The molecule has 0 aliphatic heterocycles. The number of hydrogen-bond acceptors (Lipinski definition) is 3. The standard InChI is InChI=1S/C9H14F3N3O2S/c1-2-3-7-14-8(18(13,16)17)6-15(7)5-4-9(10,11)12/h6H,2-5H2,1H3,(H2,13,16,17). The fourth-order valence-corrected chi connectivity index (χ4v) is 1.94. The zero-order valence-corrected chi connectivity index (χ0v) is 10.6. The van der Waals surface area contributed by atoms with E-state index in [1.165, 1.54) is 4.57 Å². The van der Waals surface area contributed by atoms with Crippen molar-refractivity contribution in [2.45, 2.75) is 43.9 Å². The Bertz CT molecular complexity index is 508. The highest BCUT2D eigenvalue weighted by molar-refractivity contribution is 7.89. The van der Waals surface area contributed by atoms with Gasteiger partial charge < -0.3 is 4.57 Å². The third-order valence-corrected chi connectivity index (χ3v) is 3.02. The van der Waals surface area contributed by atoms with E-state index in [-0.39, 0.29) is 6.54 Å². The van der Waals surface area contributed by atoms with Gasteiger partial charge in [-0.15, -0.1) is 0 Å².